The van der Waals surface area contributed by atoms with Crippen molar-refractivity contribution in [1.29, 1.82) is 0 Å². The quantitative estimate of drug-likeness (QED) is 0.564. The summed E-state index contributed by atoms with van der Waals surface area (Å²) < 4.78 is 23.4. The Morgan fingerprint density at radius 2 is 1.97 bits per heavy atom. The fraction of sp³-hybridized carbons (Fsp3) is 0.346. The minimum Gasteiger partial charge on any atom is -0.479 e. The zero-order chi connectivity index (χ0) is 23.4. The Labute approximate surface area is 198 Å². The van der Waals surface area contributed by atoms with Crippen LogP contribution in [0, 0.1) is 5.82 Å². The number of nitrogens with zero attached hydrogens (tertiary/aromatic N) is 2. The van der Waals surface area contributed by atoms with Crippen LogP contribution < -0.4 is 4.74 Å². The molecule has 0 bridgehead atoms. The molecule has 3 aromatic rings. The van der Waals surface area contributed by atoms with Crippen molar-refractivity contribution in [3.05, 3.63) is 82.4 Å². The molecule has 3 heterocycles. The van der Waals surface area contributed by atoms with Gasteiger partial charge >= 0.3 is 0 Å². The Hall–Kier alpha value is -2.83. The van der Waals surface area contributed by atoms with E-state index < -0.39 is 16.8 Å². The highest BCUT2D eigenvalue weighted by molar-refractivity contribution is 6.30. The van der Waals surface area contributed by atoms with Gasteiger partial charge in [0.1, 0.15) is 11.6 Å². The standard InChI is InChI=1S/C26H26ClFN2O3.H2/c1-25(2,16-31)19-7-5-17(14-20(19)28)24(32)29-12-9-26(10-13-29)23-4-3-11-30(23)21-8-6-18(27)15-22(21)33-26;/h3-8,11,14-15,31H,9-10,12-13,16H2,1-2H3;1H. The Kier molecular flexibility index (Phi) is 5.26. The molecule has 0 radical (unpaired) electrons. The van der Waals surface area contributed by atoms with Crippen LogP contribution in [0.25, 0.3) is 5.69 Å². The van der Waals surface area contributed by atoms with Crippen LogP contribution in [0.5, 0.6) is 5.75 Å². The summed E-state index contributed by atoms with van der Waals surface area (Å²) in [5.74, 6) is 0.0529. The summed E-state index contributed by atoms with van der Waals surface area (Å²) in [4.78, 5) is 14.9. The molecule has 1 spiro atoms. The van der Waals surface area contributed by atoms with Gasteiger partial charge in [-0.3, -0.25) is 4.79 Å². The van der Waals surface area contributed by atoms with Crippen LogP contribution >= 0.6 is 11.6 Å². The number of benzene rings is 2. The molecule has 0 saturated carbocycles. The number of rotatable bonds is 3. The zero-order valence-electron chi connectivity index (χ0n) is 18.6. The molecular weight excluding hydrogens is 443 g/mol. The monoisotopic (exact) mass is 470 g/mol. The Morgan fingerprint density at radius 3 is 2.67 bits per heavy atom. The number of carbonyl (C=O) groups excluding carboxylic acids is 1. The molecule has 0 atom stereocenters. The summed E-state index contributed by atoms with van der Waals surface area (Å²) in [6.45, 7) is 4.34. The van der Waals surface area contributed by atoms with E-state index in [-0.39, 0.29) is 13.9 Å². The van der Waals surface area contributed by atoms with Crippen molar-refractivity contribution >= 4 is 17.5 Å². The van der Waals surface area contributed by atoms with Gasteiger partial charge in [-0.25, -0.2) is 4.39 Å². The first-order valence-corrected chi connectivity index (χ1v) is 11.5. The van der Waals surface area contributed by atoms with Crippen LogP contribution in [0.1, 0.15) is 49.7 Å². The lowest BCUT2D eigenvalue weighted by molar-refractivity contribution is -0.00931. The van der Waals surface area contributed by atoms with Crippen LogP contribution in [0.2, 0.25) is 5.02 Å². The largest absolute Gasteiger partial charge is 0.479 e. The van der Waals surface area contributed by atoms with Gasteiger partial charge in [0.2, 0.25) is 0 Å². The van der Waals surface area contributed by atoms with Gasteiger partial charge in [0.25, 0.3) is 5.91 Å². The SMILES string of the molecule is CC(C)(CO)c1ccc(C(=O)N2CCC3(CC2)Oc2cc(Cl)ccc2-n2cccc23)cc1F.[HH]. The third-order valence-electron chi connectivity index (χ3n) is 6.90. The molecule has 0 unspecified atom stereocenters. The van der Waals surface area contributed by atoms with E-state index in [0.29, 0.717) is 42.1 Å². The molecule has 5 nitrogen and oxygen atoms in total. The third-order valence-corrected chi connectivity index (χ3v) is 7.14. The highest BCUT2D eigenvalue weighted by Gasteiger charge is 2.44. The molecule has 7 heteroatoms. The molecule has 5 rings (SSSR count). The lowest BCUT2D eigenvalue weighted by Crippen LogP contribution is -2.50. The molecule has 2 aliphatic heterocycles. The number of carbonyl (C=O) groups is 1. The number of likely N-dealkylation sites (tertiary alicyclic amines) is 1. The summed E-state index contributed by atoms with van der Waals surface area (Å²) in [7, 11) is 0. The number of aliphatic hydroxyl groups is 1. The fourth-order valence-electron chi connectivity index (χ4n) is 4.89. The normalized spacial score (nSPS) is 16.8. The van der Waals surface area contributed by atoms with Gasteiger partial charge in [0, 0.05) is 55.6 Å². The predicted molar refractivity (Wildman–Crippen MR) is 127 cm³/mol. The number of piperidine rings is 1. The Morgan fingerprint density at radius 1 is 1.21 bits per heavy atom. The topological polar surface area (TPSA) is 54.7 Å². The fourth-order valence-corrected chi connectivity index (χ4v) is 5.05. The van der Waals surface area contributed by atoms with E-state index >= 15 is 0 Å². The smallest absolute Gasteiger partial charge is 0.253 e. The second-order valence-corrected chi connectivity index (χ2v) is 9.94. The average molecular weight is 471 g/mol. The summed E-state index contributed by atoms with van der Waals surface area (Å²) in [5, 5.41) is 10.2. The van der Waals surface area contributed by atoms with Gasteiger partial charge in [-0.15, -0.1) is 0 Å². The van der Waals surface area contributed by atoms with Gasteiger partial charge in [-0.2, -0.15) is 0 Å². The van der Waals surface area contributed by atoms with E-state index in [0.717, 1.165) is 17.1 Å². The second kappa shape index (κ2) is 7.89. The zero-order valence-corrected chi connectivity index (χ0v) is 19.4. The minimum atomic E-state index is -0.713. The van der Waals surface area contributed by atoms with Crippen LogP contribution in [0.3, 0.4) is 0 Å². The van der Waals surface area contributed by atoms with Crippen molar-refractivity contribution in [3.63, 3.8) is 0 Å². The Balaban J connectivity index is 0.00000274. The van der Waals surface area contributed by atoms with Gasteiger partial charge < -0.3 is 19.3 Å². The maximum Gasteiger partial charge on any atom is 0.253 e. The average Bonchev–Trinajstić information content (AvgIpc) is 3.30. The van der Waals surface area contributed by atoms with Gasteiger partial charge in [-0.1, -0.05) is 31.5 Å². The molecule has 0 aliphatic carbocycles. The van der Waals surface area contributed by atoms with Crippen LogP contribution in [-0.2, 0) is 11.0 Å². The number of halogens is 2. The summed E-state index contributed by atoms with van der Waals surface area (Å²) >= 11 is 6.21. The number of aliphatic hydroxyl groups excluding tert-OH is 1. The number of aromatic nitrogens is 1. The first-order valence-electron chi connectivity index (χ1n) is 11.1. The lowest BCUT2D eigenvalue weighted by atomic mass is 9.84. The van der Waals surface area contributed by atoms with Crippen molar-refractivity contribution in [2.75, 3.05) is 19.7 Å². The molecule has 2 aromatic carbocycles. The van der Waals surface area contributed by atoms with Gasteiger partial charge in [-0.05, 0) is 42.0 Å². The molecule has 1 saturated heterocycles. The van der Waals surface area contributed by atoms with Crippen LogP contribution in [-0.4, -0.2) is 40.2 Å². The number of ether oxygens (including phenoxy) is 1. The molecule has 33 heavy (non-hydrogen) atoms. The molecule has 2 aliphatic rings. The van der Waals surface area contributed by atoms with Gasteiger partial charge in [0.15, 0.2) is 5.60 Å². The minimum absolute atomic E-state index is 0. The maximum atomic E-state index is 14.7. The number of hydrogen-bond donors (Lipinski definition) is 1. The van der Waals surface area contributed by atoms with Crippen molar-refractivity contribution < 1.29 is 20.5 Å². The first-order chi connectivity index (χ1) is 15.7. The molecule has 1 fully saturated rings. The van der Waals surface area contributed by atoms with Crippen molar-refractivity contribution in [1.82, 2.24) is 9.47 Å². The summed E-state index contributed by atoms with van der Waals surface area (Å²) in [5.41, 5.74) is 1.46. The molecule has 1 amide bonds. The van der Waals surface area contributed by atoms with E-state index in [4.69, 9.17) is 16.3 Å². The lowest BCUT2D eigenvalue weighted by Gasteiger charge is -2.45. The van der Waals surface area contributed by atoms with E-state index in [1.165, 1.54) is 6.07 Å². The van der Waals surface area contributed by atoms with E-state index in [1.54, 1.807) is 30.9 Å². The van der Waals surface area contributed by atoms with Crippen molar-refractivity contribution in [3.8, 4) is 11.4 Å². The molecule has 1 N–H and O–H groups in total. The molecule has 174 valence electrons. The third kappa shape index (κ3) is 3.62. The molecular formula is C26H28ClFN2O3. The van der Waals surface area contributed by atoms with Crippen LogP contribution in [0.15, 0.2) is 54.7 Å². The number of fused-ring (bicyclic) bond motifs is 4. The maximum absolute atomic E-state index is 14.7. The van der Waals surface area contributed by atoms with Gasteiger partial charge in [0.05, 0.1) is 18.0 Å². The first kappa shape index (κ1) is 22.0. The summed E-state index contributed by atoms with van der Waals surface area (Å²) in [6.07, 6.45) is 3.25. The van der Waals surface area contributed by atoms with Crippen molar-refractivity contribution in [2.45, 2.75) is 37.7 Å². The van der Waals surface area contributed by atoms with Crippen LogP contribution in [0.4, 0.5) is 4.39 Å². The van der Waals surface area contributed by atoms with E-state index in [2.05, 4.69) is 10.6 Å². The Bertz CT molecular complexity index is 1230. The van der Waals surface area contributed by atoms with E-state index in [9.17, 15) is 14.3 Å². The molecule has 1 aromatic heterocycles. The van der Waals surface area contributed by atoms with E-state index in [1.807, 2.05) is 30.5 Å². The predicted octanol–water partition coefficient (Wildman–Crippen LogP) is 5.31. The number of hydrogen-bond acceptors (Lipinski definition) is 3. The highest BCUT2D eigenvalue weighted by Crippen LogP contribution is 2.45. The second-order valence-electron chi connectivity index (χ2n) is 9.50. The highest BCUT2D eigenvalue weighted by atomic mass is 35.5. The van der Waals surface area contributed by atoms with Crippen molar-refractivity contribution in [2.24, 2.45) is 0 Å². The number of amides is 1. The summed E-state index contributed by atoms with van der Waals surface area (Å²) in [6, 6.07) is 14.2.